The first-order valence-corrected chi connectivity index (χ1v) is 7.90. The maximum absolute atomic E-state index is 11.0. The number of nitro groups is 1. The van der Waals surface area contributed by atoms with Crippen molar-refractivity contribution in [2.45, 2.75) is 6.92 Å². The number of benzene rings is 1. The van der Waals surface area contributed by atoms with E-state index in [-0.39, 0.29) is 11.4 Å². The van der Waals surface area contributed by atoms with Crippen molar-refractivity contribution in [3.05, 3.63) is 82.7 Å². The zero-order valence-corrected chi connectivity index (χ0v) is 14.5. The first kappa shape index (κ1) is 18.3. The average molecular weight is 356 g/mol. The molecule has 2 aromatic rings. The number of pyridine rings is 1. The highest BCUT2D eigenvalue weighted by Gasteiger charge is 2.24. The highest BCUT2D eigenvalue weighted by atomic mass is 32.1. The SMILES string of the molecule is C=CCNC(=S)C(=C(O)c1cccc([N+](=O)[O-])c1)[n+]1cccc(C)c1. The van der Waals surface area contributed by atoms with Gasteiger partial charge >= 0.3 is 0 Å². The van der Waals surface area contributed by atoms with Crippen molar-refractivity contribution in [1.82, 2.24) is 5.32 Å². The van der Waals surface area contributed by atoms with Gasteiger partial charge in [-0.25, -0.2) is 0 Å². The summed E-state index contributed by atoms with van der Waals surface area (Å²) < 4.78 is 1.68. The van der Waals surface area contributed by atoms with E-state index in [2.05, 4.69) is 11.9 Å². The number of aromatic nitrogens is 1. The minimum atomic E-state index is -0.509. The molecule has 2 rings (SSSR count). The van der Waals surface area contributed by atoms with Crippen LogP contribution in [0, 0.1) is 17.0 Å². The van der Waals surface area contributed by atoms with Gasteiger partial charge in [0.1, 0.15) is 0 Å². The molecule has 0 aliphatic rings. The van der Waals surface area contributed by atoms with Gasteiger partial charge in [-0.05, 0) is 13.0 Å². The van der Waals surface area contributed by atoms with E-state index in [1.54, 1.807) is 22.9 Å². The summed E-state index contributed by atoms with van der Waals surface area (Å²) in [6.45, 7) is 5.97. The molecule has 7 heteroatoms. The lowest BCUT2D eigenvalue weighted by Crippen LogP contribution is -2.41. The van der Waals surface area contributed by atoms with E-state index >= 15 is 0 Å². The Morgan fingerprint density at radius 3 is 2.84 bits per heavy atom. The molecule has 0 saturated heterocycles. The second-order valence-electron chi connectivity index (χ2n) is 5.29. The summed E-state index contributed by atoms with van der Waals surface area (Å²) in [6, 6.07) is 9.52. The van der Waals surface area contributed by atoms with E-state index in [4.69, 9.17) is 12.2 Å². The summed E-state index contributed by atoms with van der Waals surface area (Å²) in [5.41, 5.74) is 1.50. The van der Waals surface area contributed by atoms with Crippen LogP contribution in [-0.4, -0.2) is 21.6 Å². The summed E-state index contributed by atoms with van der Waals surface area (Å²) in [5.74, 6) is -0.152. The zero-order valence-electron chi connectivity index (χ0n) is 13.7. The van der Waals surface area contributed by atoms with Gasteiger partial charge in [0.05, 0.1) is 4.92 Å². The van der Waals surface area contributed by atoms with Crippen LogP contribution in [0.4, 0.5) is 5.69 Å². The van der Waals surface area contributed by atoms with Crippen LogP contribution in [0.5, 0.6) is 0 Å². The van der Waals surface area contributed by atoms with Gasteiger partial charge < -0.3 is 10.4 Å². The maximum Gasteiger partial charge on any atom is 0.288 e. The molecule has 2 N–H and O–H groups in total. The van der Waals surface area contributed by atoms with Crippen molar-refractivity contribution >= 4 is 34.3 Å². The molecule has 0 atom stereocenters. The molecular weight excluding hydrogens is 338 g/mol. The van der Waals surface area contributed by atoms with Crippen molar-refractivity contribution in [2.24, 2.45) is 0 Å². The Balaban J connectivity index is 2.61. The average Bonchev–Trinajstić information content (AvgIpc) is 2.60. The Morgan fingerprint density at radius 1 is 1.44 bits per heavy atom. The molecule has 0 unspecified atom stereocenters. The van der Waals surface area contributed by atoms with Crippen LogP contribution in [0.25, 0.3) is 11.5 Å². The Hall–Kier alpha value is -3.06. The smallest absolute Gasteiger partial charge is 0.288 e. The van der Waals surface area contributed by atoms with Gasteiger partial charge in [0.2, 0.25) is 0 Å². The van der Waals surface area contributed by atoms with Gasteiger partial charge in [0.25, 0.3) is 11.4 Å². The van der Waals surface area contributed by atoms with E-state index < -0.39 is 4.92 Å². The Morgan fingerprint density at radius 2 is 2.20 bits per heavy atom. The topological polar surface area (TPSA) is 79.3 Å². The van der Waals surface area contributed by atoms with Gasteiger partial charge in [0, 0.05) is 35.9 Å². The Bertz CT molecular complexity index is 862. The molecule has 0 bridgehead atoms. The molecule has 0 saturated carbocycles. The van der Waals surface area contributed by atoms with Crippen molar-refractivity contribution < 1.29 is 14.6 Å². The molecule has 0 aliphatic carbocycles. The number of rotatable bonds is 6. The monoisotopic (exact) mass is 356 g/mol. The molecule has 6 nitrogen and oxygen atoms in total. The number of thiocarbonyl (C=S) groups is 1. The van der Waals surface area contributed by atoms with E-state index in [9.17, 15) is 15.2 Å². The lowest BCUT2D eigenvalue weighted by Gasteiger charge is -2.09. The number of aryl methyl sites for hydroxylation is 1. The van der Waals surface area contributed by atoms with Gasteiger partial charge in [-0.3, -0.25) is 10.1 Å². The summed E-state index contributed by atoms with van der Waals surface area (Å²) in [5, 5.41) is 24.8. The molecule has 0 radical (unpaired) electrons. The van der Waals surface area contributed by atoms with Crippen LogP contribution in [0.15, 0.2) is 61.4 Å². The van der Waals surface area contributed by atoms with Gasteiger partial charge in [-0.15, -0.1) is 6.58 Å². The van der Waals surface area contributed by atoms with Crippen LogP contribution in [0.2, 0.25) is 0 Å². The number of aliphatic hydroxyl groups excluding tert-OH is 1. The highest BCUT2D eigenvalue weighted by molar-refractivity contribution is 7.81. The molecule has 1 aromatic heterocycles. The molecule has 128 valence electrons. The number of hydrogen-bond donors (Lipinski definition) is 2. The molecule has 0 aliphatic heterocycles. The lowest BCUT2D eigenvalue weighted by atomic mass is 10.1. The normalized spacial score (nSPS) is 11.4. The summed E-state index contributed by atoms with van der Waals surface area (Å²) in [6.07, 6.45) is 5.21. The largest absolute Gasteiger partial charge is 0.502 e. The van der Waals surface area contributed by atoms with E-state index in [1.165, 1.54) is 18.2 Å². The van der Waals surface area contributed by atoms with Crippen LogP contribution >= 0.6 is 12.2 Å². The molecule has 0 fully saturated rings. The Labute approximate surface area is 150 Å². The second-order valence-corrected chi connectivity index (χ2v) is 5.70. The minimum Gasteiger partial charge on any atom is -0.502 e. The van der Waals surface area contributed by atoms with Crippen LogP contribution in [0.3, 0.4) is 0 Å². The number of nitrogens with zero attached hydrogens (tertiary/aromatic N) is 2. The summed E-state index contributed by atoms with van der Waals surface area (Å²) in [4.78, 5) is 10.8. The maximum atomic E-state index is 11.0. The molecule has 25 heavy (non-hydrogen) atoms. The van der Waals surface area contributed by atoms with Crippen molar-refractivity contribution in [3.8, 4) is 0 Å². The summed E-state index contributed by atoms with van der Waals surface area (Å²) in [7, 11) is 0. The summed E-state index contributed by atoms with van der Waals surface area (Å²) >= 11 is 5.40. The third kappa shape index (κ3) is 4.48. The van der Waals surface area contributed by atoms with Gasteiger partial charge in [0.15, 0.2) is 23.1 Å². The number of non-ortho nitro benzene ring substituents is 1. The van der Waals surface area contributed by atoms with Crippen molar-refractivity contribution in [2.75, 3.05) is 6.54 Å². The number of nitro benzene ring substituents is 1. The molecule has 1 heterocycles. The van der Waals surface area contributed by atoms with E-state index in [1.807, 2.05) is 25.3 Å². The predicted octanol–water partition coefficient (Wildman–Crippen LogP) is 3.18. The molecular formula is C18H18N3O3S+. The number of nitrogens with one attached hydrogen (secondary N) is 1. The fourth-order valence-corrected chi connectivity index (χ4v) is 2.52. The number of hydrogen-bond acceptors (Lipinski definition) is 4. The fraction of sp³-hybridized carbons (Fsp3) is 0.111. The zero-order chi connectivity index (χ0) is 18.4. The third-order valence-electron chi connectivity index (χ3n) is 3.38. The van der Waals surface area contributed by atoms with Gasteiger partial charge in [-0.1, -0.05) is 30.4 Å². The Kier molecular flexibility index (Phi) is 5.97. The lowest BCUT2D eigenvalue weighted by molar-refractivity contribution is -0.576. The van der Waals surface area contributed by atoms with Crippen LogP contribution < -0.4 is 9.88 Å². The van der Waals surface area contributed by atoms with Gasteiger partial charge in [-0.2, -0.15) is 4.57 Å². The standard InChI is InChI=1S/C18H17N3O3S/c1-3-9-19-18(25)16(20-10-5-6-13(2)12-20)17(22)14-7-4-8-15(11-14)21(23)24/h3-8,10-12H,1,9H2,2H3,(H-,19,22,25)/p+1. The molecule has 0 amide bonds. The van der Waals surface area contributed by atoms with Crippen molar-refractivity contribution in [3.63, 3.8) is 0 Å². The fourth-order valence-electron chi connectivity index (χ4n) is 2.23. The first-order chi connectivity index (χ1) is 11.9. The first-order valence-electron chi connectivity index (χ1n) is 7.49. The quantitative estimate of drug-likeness (QED) is 0.158. The number of aliphatic hydroxyl groups is 1. The predicted molar refractivity (Wildman–Crippen MR) is 101 cm³/mol. The molecule has 1 aromatic carbocycles. The van der Waals surface area contributed by atoms with Crippen LogP contribution in [0.1, 0.15) is 11.1 Å². The molecule has 0 spiro atoms. The second kappa shape index (κ2) is 8.16. The van der Waals surface area contributed by atoms with Crippen LogP contribution in [-0.2, 0) is 0 Å². The van der Waals surface area contributed by atoms with E-state index in [0.717, 1.165) is 5.56 Å². The van der Waals surface area contributed by atoms with E-state index in [0.29, 0.717) is 22.8 Å². The van der Waals surface area contributed by atoms with Crippen molar-refractivity contribution in [1.29, 1.82) is 0 Å². The third-order valence-corrected chi connectivity index (χ3v) is 3.72. The highest BCUT2D eigenvalue weighted by Crippen LogP contribution is 2.21. The minimum absolute atomic E-state index is 0.109.